The normalized spacial score (nSPS) is 18.9. The van der Waals surface area contributed by atoms with Crippen LogP contribution in [0.15, 0.2) is 0 Å². The van der Waals surface area contributed by atoms with E-state index in [2.05, 4.69) is 39.3 Å². The maximum Gasteiger partial charge on any atom is 0.237 e. The van der Waals surface area contributed by atoms with Gasteiger partial charge in [-0.25, -0.2) is 0 Å². The first kappa shape index (κ1) is 15.3. The first-order valence-corrected chi connectivity index (χ1v) is 7.93. The molecule has 0 bridgehead atoms. The summed E-state index contributed by atoms with van der Waals surface area (Å²) in [4.78, 5) is 16.7. The topological polar surface area (TPSA) is 61.4 Å². The fraction of sp³-hybridized carbons (Fsp3) is 0.769. The van der Waals surface area contributed by atoms with Crippen molar-refractivity contribution in [2.45, 2.75) is 32.9 Å². The zero-order chi connectivity index (χ0) is 14.5. The van der Waals surface area contributed by atoms with Crippen LogP contribution in [-0.2, 0) is 17.8 Å². The summed E-state index contributed by atoms with van der Waals surface area (Å²) < 4.78 is 0. The van der Waals surface area contributed by atoms with Crippen molar-refractivity contribution in [2.24, 2.45) is 0 Å². The highest BCUT2D eigenvalue weighted by Crippen LogP contribution is 2.10. The molecule has 1 atom stereocenters. The SMILES string of the molecule is CCc1nnc(CNC(=O)C(C)N2CCN(C)CC2)s1. The van der Waals surface area contributed by atoms with Crippen molar-refractivity contribution in [1.29, 1.82) is 0 Å². The smallest absolute Gasteiger partial charge is 0.237 e. The average molecular weight is 297 g/mol. The molecule has 1 amide bonds. The van der Waals surface area contributed by atoms with Gasteiger partial charge in [-0.3, -0.25) is 9.69 Å². The number of hydrogen-bond donors (Lipinski definition) is 1. The molecule has 1 N–H and O–H groups in total. The Hall–Kier alpha value is -1.05. The van der Waals surface area contributed by atoms with E-state index in [1.54, 1.807) is 11.3 Å². The van der Waals surface area contributed by atoms with Gasteiger partial charge in [-0.15, -0.1) is 10.2 Å². The highest BCUT2D eigenvalue weighted by atomic mass is 32.1. The van der Waals surface area contributed by atoms with Gasteiger partial charge in [-0.05, 0) is 20.4 Å². The molecule has 1 unspecified atom stereocenters. The minimum atomic E-state index is -0.0812. The van der Waals surface area contributed by atoms with E-state index in [0.717, 1.165) is 42.6 Å². The van der Waals surface area contributed by atoms with Crippen LogP contribution in [0.2, 0.25) is 0 Å². The van der Waals surface area contributed by atoms with Crippen LogP contribution in [-0.4, -0.2) is 65.2 Å². The number of rotatable bonds is 5. The molecule has 0 spiro atoms. The number of amides is 1. The summed E-state index contributed by atoms with van der Waals surface area (Å²) in [6, 6.07) is -0.0812. The quantitative estimate of drug-likeness (QED) is 0.850. The molecular formula is C13H23N5OS. The number of carbonyl (C=O) groups is 1. The average Bonchev–Trinajstić information content (AvgIpc) is 2.93. The van der Waals surface area contributed by atoms with Gasteiger partial charge in [-0.1, -0.05) is 18.3 Å². The predicted molar refractivity (Wildman–Crippen MR) is 79.7 cm³/mol. The lowest BCUT2D eigenvalue weighted by molar-refractivity contribution is -0.126. The fourth-order valence-electron chi connectivity index (χ4n) is 2.19. The minimum absolute atomic E-state index is 0.0720. The maximum atomic E-state index is 12.2. The number of hydrogen-bond acceptors (Lipinski definition) is 6. The number of aromatic nitrogens is 2. The van der Waals surface area contributed by atoms with E-state index < -0.39 is 0 Å². The maximum absolute atomic E-state index is 12.2. The van der Waals surface area contributed by atoms with Crippen molar-refractivity contribution in [3.8, 4) is 0 Å². The predicted octanol–water partition coefficient (Wildman–Crippen LogP) is 0.353. The molecule has 0 radical (unpaired) electrons. The largest absolute Gasteiger partial charge is 0.348 e. The summed E-state index contributed by atoms with van der Waals surface area (Å²) in [5.41, 5.74) is 0. The molecule has 1 aromatic heterocycles. The van der Waals surface area contributed by atoms with Crippen LogP contribution in [0.1, 0.15) is 23.9 Å². The van der Waals surface area contributed by atoms with E-state index in [0.29, 0.717) is 6.54 Å². The number of likely N-dealkylation sites (N-methyl/N-ethyl adjacent to an activating group) is 1. The third-order valence-corrected chi connectivity index (χ3v) is 4.76. The lowest BCUT2D eigenvalue weighted by Gasteiger charge is -2.35. The summed E-state index contributed by atoms with van der Waals surface area (Å²) in [6.07, 6.45) is 0.892. The van der Waals surface area contributed by atoms with Gasteiger partial charge in [0.1, 0.15) is 10.0 Å². The Morgan fingerprint density at radius 1 is 1.30 bits per heavy atom. The fourth-order valence-corrected chi connectivity index (χ4v) is 2.91. The second kappa shape index (κ2) is 7.10. The third-order valence-electron chi connectivity index (χ3n) is 3.69. The summed E-state index contributed by atoms with van der Waals surface area (Å²) in [7, 11) is 2.11. The third kappa shape index (κ3) is 3.97. The van der Waals surface area contributed by atoms with Crippen molar-refractivity contribution >= 4 is 17.2 Å². The Morgan fingerprint density at radius 2 is 1.95 bits per heavy atom. The molecule has 1 aromatic rings. The van der Waals surface area contributed by atoms with Crippen LogP contribution in [0.4, 0.5) is 0 Å². The molecule has 0 aliphatic carbocycles. The lowest BCUT2D eigenvalue weighted by Crippen LogP contribution is -2.52. The van der Waals surface area contributed by atoms with Crippen LogP contribution in [0.25, 0.3) is 0 Å². The van der Waals surface area contributed by atoms with Crippen molar-refractivity contribution in [3.05, 3.63) is 10.0 Å². The van der Waals surface area contributed by atoms with E-state index in [-0.39, 0.29) is 11.9 Å². The van der Waals surface area contributed by atoms with E-state index >= 15 is 0 Å². The molecule has 0 aromatic carbocycles. The molecule has 1 saturated heterocycles. The summed E-state index contributed by atoms with van der Waals surface area (Å²) in [5.74, 6) is 0.0720. The molecule has 1 aliphatic rings. The van der Waals surface area contributed by atoms with Gasteiger partial charge in [0.15, 0.2) is 0 Å². The Bertz CT molecular complexity index is 442. The molecule has 6 nitrogen and oxygen atoms in total. The van der Waals surface area contributed by atoms with E-state index in [4.69, 9.17) is 0 Å². The van der Waals surface area contributed by atoms with Crippen molar-refractivity contribution in [1.82, 2.24) is 25.3 Å². The Morgan fingerprint density at radius 3 is 2.55 bits per heavy atom. The van der Waals surface area contributed by atoms with Crippen molar-refractivity contribution in [2.75, 3.05) is 33.2 Å². The second-order valence-electron chi connectivity index (χ2n) is 5.18. The standard InChI is InChI=1S/C13H23N5OS/c1-4-11-15-16-12(20-11)9-14-13(19)10(2)18-7-5-17(3)6-8-18/h10H,4-9H2,1-3H3,(H,14,19). The molecule has 112 valence electrons. The number of nitrogens with one attached hydrogen (secondary N) is 1. The molecule has 1 fully saturated rings. The van der Waals surface area contributed by atoms with Gasteiger partial charge >= 0.3 is 0 Å². The van der Waals surface area contributed by atoms with Gasteiger partial charge in [0.2, 0.25) is 5.91 Å². The zero-order valence-corrected chi connectivity index (χ0v) is 13.2. The van der Waals surface area contributed by atoms with Crippen LogP contribution < -0.4 is 5.32 Å². The van der Waals surface area contributed by atoms with Gasteiger partial charge in [0, 0.05) is 26.2 Å². The van der Waals surface area contributed by atoms with Crippen molar-refractivity contribution in [3.63, 3.8) is 0 Å². The number of carbonyl (C=O) groups excluding carboxylic acids is 1. The zero-order valence-electron chi connectivity index (χ0n) is 12.4. The Labute approximate surface area is 124 Å². The Kier molecular flexibility index (Phi) is 5.45. The summed E-state index contributed by atoms with van der Waals surface area (Å²) >= 11 is 1.57. The molecule has 7 heteroatoms. The first-order chi connectivity index (χ1) is 9.60. The monoisotopic (exact) mass is 297 g/mol. The minimum Gasteiger partial charge on any atom is -0.348 e. The van der Waals surface area contributed by atoms with Gasteiger partial charge < -0.3 is 10.2 Å². The number of piperazine rings is 1. The van der Waals surface area contributed by atoms with Crippen LogP contribution >= 0.6 is 11.3 Å². The van der Waals surface area contributed by atoms with E-state index in [9.17, 15) is 4.79 Å². The molecule has 20 heavy (non-hydrogen) atoms. The lowest BCUT2D eigenvalue weighted by atomic mass is 10.2. The number of aryl methyl sites for hydroxylation is 1. The molecular weight excluding hydrogens is 274 g/mol. The number of nitrogens with zero attached hydrogens (tertiary/aromatic N) is 4. The molecule has 2 rings (SSSR count). The van der Waals surface area contributed by atoms with Gasteiger partial charge in [0.05, 0.1) is 12.6 Å². The molecule has 2 heterocycles. The Balaban J connectivity index is 1.79. The molecule has 1 aliphatic heterocycles. The highest BCUT2D eigenvalue weighted by Gasteiger charge is 2.24. The van der Waals surface area contributed by atoms with Gasteiger partial charge in [-0.2, -0.15) is 0 Å². The van der Waals surface area contributed by atoms with E-state index in [1.165, 1.54) is 0 Å². The molecule has 0 saturated carbocycles. The van der Waals surface area contributed by atoms with Crippen LogP contribution in [0, 0.1) is 0 Å². The first-order valence-electron chi connectivity index (χ1n) is 7.11. The van der Waals surface area contributed by atoms with E-state index in [1.807, 2.05) is 6.92 Å². The summed E-state index contributed by atoms with van der Waals surface area (Å²) in [5, 5.41) is 13.0. The van der Waals surface area contributed by atoms with Crippen LogP contribution in [0.3, 0.4) is 0 Å². The second-order valence-corrected chi connectivity index (χ2v) is 6.32. The highest BCUT2D eigenvalue weighted by molar-refractivity contribution is 7.11. The van der Waals surface area contributed by atoms with Crippen molar-refractivity contribution < 1.29 is 4.79 Å². The van der Waals surface area contributed by atoms with Crippen LogP contribution in [0.5, 0.6) is 0 Å². The van der Waals surface area contributed by atoms with Gasteiger partial charge in [0.25, 0.3) is 0 Å². The summed E-state index contributed by atoms with van der Waals surface area (Å²) in [6.45, 7) is 8.45.